The van der Waals surface area contributed by atoms with Gasteiger partial charge in [0.15, 0.2) is 0 Å². The van der Waals surface area contributed by atoms with E-state index in [2.05, 4.69) is 22.2 Å². The molecule has 1 saturated heterocycles. The van der Waals surface area contributed by atoms with E-state index in [0.29, 0.717) is 12.6 Å². The van der Waals surface area contributed by atoms with E-state index in [4.69, 9.17) is 4.74 Å². The second-order valence-corrected chi connectivity index (χ2v) is 5.54. The van der Waals surface area contributed by atoms with Crippen LogP contribution in [0.4, 0.5) is 5.69 Å². The Bertz CT molecular complexity index is 483. The largest absolute Gasteiger partial charge is 0.377 e. The molecule has 1 atom stereocenters. The minimum Gasteiger partial charge on any atom is -0.377 e. The second-order valence-electron chi connectivity index (χ2n) is 5.54. The Labute approximate surface area is 126 Å². The molecule has 1 unspecified atom stereocenters. The molecule has 1 aromatic rings. The third kappa shape index (κ3) is 4.82. The lowest BCUT2D eigenvalue weighted by atomic mass is 10.2. The molecule has 1 N–H and O–H groups in total. The Hall–Kier alpha value is -1.40. The van der Waals surface area contributed by atoms with Crippen molar-refractivity contribution in [3.05, 3.63) is 22.6 Å². The van der Waals surface area contributed by atoms with E-state index in [0.717, 1.165) is 51.2 Å². The van der Waals surface area contributed by atoms with Gasteiger partial charge in [0, 0.05) is 39.4 Å². The molecular formula is C15H26N4O2. The quantitative estimate of drug-likeness (QED) is 0.721. The topological polar surface area (TPSA) is 59.4 Å². The van der Waals surface area contributed by atoms with Crippen molar-refractivity contribution < 1.29 is 4.74 Å². The predicted molar refractivity (Wildman–Crippen MR) is 83.9 cm³/mol. The summed E-state index contributed by atoms with van der Waals surface area (Å²) < 4.78 is 7.05. The Morgan fingerprint density at radius 3 is 3.10 bits per heavy atom. The van der Waals surface area contributed by atoms with Gasteiger partial charge in [0.05, 0.1) is 24.5 Å². The van der Waals surface area contributed by atoms with Crippen LogP contribution in [0.2, 0.25) is 0 Å². The number of anilines is 1. The molecule has 21 heavy (non-hydrogen) atoms. The van der Waals surface area contributed by atoms with Gasteiger partial charge in [0.1, 0.15) is 0 Å². The van der Waals surface area contributed by atoms with Crippen molar-refractivity contribution in [2.24, 2.45) is 0 Å². The van der Waals surface area contributed by atoms with E-state index >= 15 is 0 Å². The molecule has 1 aliphatic rings. The summed E-state index contributed by atoms with van der Waals surface area (Å²) in [6.45, 7) is 6.09. The van der Waals surface area contributed by atoms with Crippen LogP contribution in [0.25, 0.3) is 0 Å². The normalized spacial score (nSPS) is 18.1. The third-order valence-electron chi connectivity index (χ3n) is 3.75. The highest BCUT2D eigenvalue weighted by molar-refractivity contribution is 5.41. The zero-order chi connectivity index (χ0) is 15.1. The molecule has 0 aromatic carbocycles. The highest BCUT2D eigenvalue weighted by Crippen LogP contribution is 2.10. The lowest BCUT2D eigenvalue weighted by Gasteiger charge is -2.18. The van der Waals surface area contributed by atoms with Crippen LogP contribution >= 0.6 is 0 Å². The van der Waals surface area contributed by atoms with Crippen molar-refractivity contribution >= 4 is 5.69 Å². The minimum atomic E-state index is -0.0469. The fourth-order valence-electron chi connectivity index (χ4n) is 2.52. The van der Waals surface area contributed by atoms with Gasteiger partial charge < -0.3 is 15.0 Å². The average molecular weight is 294 g/mol. The monoisotopic (exact) mass is 294 g/mol. The number of nitrogens with one attached hydrogen (secondary N) is 1. The summed E-state index contributed by atoms with van der Waals surface area (Å²) in [5.74, 6) is 0. The number of aromatic nitrogens is 2. The maximum absolute atomic E-state index is 12.0. The van der Waals surface area contributed by atoms with Gasteiger partial charge in [-0.3, -0.25) is 4.79 Å². The standard InChI is InChI=1S/C15H26N4O2/c1-3-7-18(2)13-10-15(20)19(17-11-13)8-6-16-12-14-5-4-9-21-14/h10-11,14,16H,3-9,12H2,1-2H3. The number of hydrogen-bond acceptors (Lipinski definition) is 5. The van der Waals surface area contributed by atoms with Crippen molar-refractivity contribution in [2.75, 3.05) is 38.2 Å². The highest BCUT2D eigenvalue weighted by atomic mass is 16.5. The van der Waals surface area contributed by atoms with Crippen LogP contribution in [0.1, 0.15) is 26.2 Å². The van der Waals surface area contributed by atoms with Gasteiger partial charge >= 0.3 is 0 Å². The first-order valence-electron chi connectivity index (χ1n) is 7.81. The lowest BCUT2D eigenvalue weighted by molar-refractivity contribution is 0.110. The summed E-state index contributed by atoms with van der Waals surface area (Å²) in [6, 6.07) is 1.66. The molecule has 118 valence electrons. The van der Waals surface area contributed by atoms with Crippen molar-refractivity contribution in [1.82, 2.24) is 15.1 Å². The van der Waals surface area contributed by atoms with E-state index in [-0.39, 0.29) is 5.56 Å². The molecule has 0 aliphatic carbocycles. The summed E-state index contributed by atoms with van der Waals surface area (Å²) in [5.41, 5.74) is 0.833. The van der Waals surface area contributed by atoms with Crippen molar-refractivity contribution in [1.29, 1.82) is 0 Å². The molecule has 1 aromatic heterocycles. The first-order valence-corrected chi connectivity index (χ1v) is 7.81. The number of nitrogens with zero attached hydrogens (tertiary/aromatic N) is 3. The molecule has 0 saturated carbocycles. The highest BCUT2D eigenvalue weighted by Gasteiger charge is 2.14. The van der Waals surface area contributed by atoms with Crippen LogP contribution in [0.15, 0.2) is 17.1 Å². The maximum atomic E-state index is 12.0. The van der Waals surface area contributed by atoms with E-state index in [1.165, 1.54) is 4.68 Å². The van der Waals surface area contributed by atoms with Crippen molar-refractivity contribution in [2.45, 2.75) is 38.8 Å². The molecule has 0 spiro atoms. The summed E-state index contributed by atoms with van der Waals surface area (Å²) in [6.07, 6.45) is 5.42. The molecular weight excluding hydrogens is 268 g/mol. The zero-order valence-corrected chi connectivity index (χ0v) is 13.0. The smallest absolute Gasteiger partial charge is 0.268 e. The Morgan fingerprint density at radius 2 is 2.43 bits per heavy atom. The maximum Gasteiger partial charge on any atom is 0.268 e. The lowest BCUT2D eigenvalue weighted by Crippen LogP contribution is -2.33. The third-order valence-corrected chi connectivity index (χ3v) is 3.75. The van der Waals surface area contributed by atoms with Crippen LogP contribution in [0.3, 0.4) is 0 Å². The van der Waals surface area contributed by atoms with Gasteiger partial charge in [-0.15, -0.1) is 0 Å². The second kappa shape index (κ2) is 8.14. The Balaban J connectivity index is 1.79. The first-order chi connectivity index (χ1) is 10.2. The van der Waals surface area contributed by atoms with Gasteiger partial charge in [-0.1, -0.05) is 6.92 Å². The summed E-state index contributed by atoms with van der Waals surface area (Å²) in [4.78, 5) is 14.1. The first kappa shape index (κ1) is 16.0. The van der Waals surface area contributed by atoms with Crippen LogP contribution < -0.4 is 15.8 Å². The SMILES string of the molecule is CCCN(C)c1cnn(CCNCC2CCCO2)c(=O)c1. The number of ether oxygens (including phenoxy) is 1. The molecule has 0 bridgehead atoms. The van der Waals surface area contributed by atoms with Crippen LogP contribution in [-0.4, -0.2) is 49.2 Å². The van der Waals surface area contributed by atoms with Crippen molar-refractivity contribution in [3.63, 3.8) is 0 Å². The fourth-order valence-corrected chi connectivity index (χ4v) is 2.52. The molecule has 1 aliphatic heterocycles. The van der Waals surface area contributed by atoms with E-state index in [1.807, 2.05) is 7.05 Å². The molecule has 0 radical (unpaired) electrons. The summed E-state index contributed by atoms with van der Waals surface area (Å²) in [5, 5.41) is 7.57. The van der Waals surface area contributed by atoms with Crippen LogP contribution in [0, 0.1) is 0 Å². The van der Waals surface area contributed by atoms with Crippen LogP contribution in [0.5, 0.6) is 0 Å². The van der Waals surface area contributed by atoms with E-state index < -0.39 is 0 Å². The molecule has 0 amide bonds. The van der Waals surface area contributed by atoms with Gasteiger partial charge in [0.25, 0.3) is 5.56 Å². The van der Waals surface area contributed by atoms with E-state index in [9.17, 15) is 4.79 Å². The number of rotatable bonds is 8. The van der Waals surface area contributed by atoms with Gasteiger partial charge in [-0.05, 0) is 19.3 Å². The summed E-state index contributed by atoms with van der Waals surface area (Å²) >= 11 is 0. The molecule has 6 nitrogen and oxygen atoms in total. The molecule has 2 heterocycles. The van der Waals surface area contributed by atoms with E-state index in [1.54, 1.807) is 12.3 Å². The van der Waals surface area contributed by atoms with Gasteiger partial charge in [-0.25, -0.2) is 4.68 Å². The number of hydrogen-bond donors (Lipinski definition) is 1. The summed E-state index contributed by atoms with van der Waals surface area (Å²) in [7, 11) is 1.98. The fraction of sp³-hybridized carbons (Fsp3) is 0.733. The Morgan fingerprint density at radius 1 is 1.57 bits per heavy atom. The molecule has 2 rings (SSSR count). The van der Waals surface area contributed by atoms with Gasteiger partial charge in [-0.2, -0.15) is 5.10 Å². The zero-order valence-electron chi connectivity index (χ0n) is 13.0. The predicted octanol–water partition coefficient (Wildman–Crippen LogP) is 0.858. The molecule has 6 heteroatoms. The van der Waals surface area contributed by atoms with Gasteiger partial charge in [0.2, 0.25) is 0 Å². The van der Waals surface area contributed by atoms with Crippen molar-refractivity contribution in [3.8, 4) is 0 Å². The van der Waals surface area contributed by atoms with Crippen LogP contribution in [-0.2, 0) is 11.3 Å². The molecule has 1 fully saturated rings. The average Bonchev–Trinajstić information content (AvgIpc) is 2.98. The minimum absolute atomic E-state index is 0.0469. The Kier molecular flexibility index (Phi) is 6.20.